The van der Waals surface area contributed by atoms with E-state index in [0.29, 0.717) is 33.5 Å². The fourth-order valence-corrected chi connectivity index (χ4v) is 4.40. The van der Waals surface area contributed by atoms with E-state index in [9.17, 15) is 23.2 Å². The molecule has 1 N–H and O–H groups in total. The van der Waals surface area contributed by atoms with Gasteiger partial charge in [0.1, 0.15) is 11.4 Å². The standard InChI is InChI=1S/C30H24F2N4O5/c1-18-27(28(38)36(35(18)2)20-8-4-3-5-9-20)34-26(37)17-40-29(39)23-16-25(33-24-11-7-6-10-22(23)24)19-12-14-21(15-13-19)41-30(31)32/h3-16,30H,17H2,1-2H3,(H,34,37). The number of anilines is 1. The van der Waals surface area contributed by atoms with E-state index >= 15 is 0 Å². The molecule has 2 aromatic heterocycles. The van der Waals surface area contributed by atoms with Gasteiger partial charge in [-0.2, -0.15) is 8.78 Å². The van der Waals surface area contributed by atoms with E-state index in [2.05, 4.69) is 15.0 Å². The number of nitrogens with one attached hydrogen (secondary N) is 1. The zero-order valence-electron chi connectivity index (χ0n) is 22.0. The minimum absolute atomic E-state index is 0.0145. The van der Waals surface area contributed by atoms with Gasteiger partial charge in [-0.05, 0) is 55.5 Å². The highest BCUT2D eigenvalue weighted by atomic mass is 19.3. The van der Waals surface area contributed by atoms with Crippen molar-refractivity contribution in [3.05, 3.63) is 107 Å². The normalized spacial score (nSPS) is 11.0. The van der Waals surface area contributed by atoms with E-state index in [0.717, 1.165) is 0 Å². The van der Waals surface area contributed by atoms with Crippen molar-refractivity contribution in [1.29, 1.82) is 0 Å². The average molecular weight is 559 g/mol. The molecule has 3 aromatic carbocycles. The van der Waals surface area contributed by atoms with Crippen molar-refractivity contribution in [3.63, 3.8) is 0 Å². The lowest BCUT2D eigenvalue weighted by molar-refractivity contribution is -0.119. The molecule has 1 amide bonds. The number of pyridine rings is 1. The van der Waals surface area contributed by atoms with Crippen LogP contribution < -0.4 is 15.6 Å². The number of amides is 1. The van der Waals surface area contributed by atoms with Gasteiger partial charge in [0.2, 0.25) is 0 Å². The molecular formula is C30H24F2N4O5. The third-order valence-electron chi connectivity index (χ3n) is 6.46. The number of benzene rings is 3. The van der Waals surface area contributed by atoms with Crippen LogP contribution in [0.3, 0.4) is 0 Å². The molecule has 0 radical (unpaired) electrons. The Morgan fingerprint density at radius 2 is 1.66 bits per heavy atom. The zero-order valence-corrected chi connectivity index (χ0v) is 22.0. The molecule has 11 heteroatoms. The molecule has 0 unspecified atom stereocenters. The molecule has 208 valence electrons. The molecule has 2 heterocycles. The van der Waals surface area contributed by atoms with Crippen LogP contribution in [-0.4, -0.2) is 39.4 Å². The Balaban J connectivity index is 1.35. The van der Waals surface area contributed by atoms with Crippen LogP contribution in [-0.2, 0) is 16.6 Å². The van der Waals surface area contributed by atoms with Crippen LogP contribution in [0.2, 0.25) is 0 Å². The first-order valence-corrected chi connectivity index (χ1v) is 12.5. The largest absolute Gasteiger partial charge is 0.452 e. The maximum Gasteiger partial charge on any atom is 0.387 e. The van der Waals surface area contributed by atoms with Gasteiger partial charge >= 0.3 is 12.6 Å². The number of aromatic nitrogens is 3. The summed E-state index contributed by atoms with van der Waals surface area (Å²) in [5.41, 5.74) is 2.41. The molecule has 0 bridgehead atoms. The predicted molar refractivity (Wildman–Crippen MR) is 148 cm³/mol. The summed E-state index contributed by atoms with van der Waals surface area (Å²) >= 11 is 0. The summed E-state index contributed by atoms with van der Waals surface area (Å²) < 4.78 is 37.8. The van der Waals surface area contributed by atoms with Crippen LogP contribution in [0.1, 0.15) is 16.1 Å². The smallest absolute Gasteiger partial charge is 0.387 e. The maximum absolute atomic E-state index is 13.1. The van der Waals surface area contributed by atoms with Crippen LogP contribution in [0, 0.1) is 6.92 Å². The summed E-state index contributed by atoms with van der Waals surface area (Å²) in [6.45, 7) is -1.89. The van der Waals surface area contributed by atoms with E-state index in [1.54, 1.807) is 79.3 Å². The number of esters is 1. The fraction of sp³-hybridized carbons (Fsp3) is 0.133. The van der Waals surface area contributed by atoms with Crippen molar-refractivity contribution in [2.75, 3.05) is 11.9 Å². The van der Waals surface area contributed by atoms with Crippen LogP contribution in [0.5, 0.6) is 5.75 Å². The number of alkyl halides is 2. The molecule has 9 nitrogen and oxygen atoms in total. The maximum atomic E-state index is 13.1. The number of carbonyl (C=O) groups excluding carboxylic acids is 2. The Hall–Kier alpha value is -5.32. The third kappa shape index (κ3) is 5.69. The molecule has 0 aliphatic carbocycles. The van der Waals surface area contributed by atoms with Gasteiger partial charge in [-0.1, -0.05) is 36.4 Å². The van der Waals surface area contributed by atoms with E-state index in [4.69, 9.17) is 4.74 Å². The summed E-state index contributed by atoms with van der Waals surface area (Å²) in [7, 11) is 1.70. The summed E-state index contributed by atoms with van der Waals surface area (Å²) in [5, 5.41) is 3.07. The molecule has 5 aromatic rings. The number of para-hydroxylation sites is 2. The van der Waals surface area contributed by atoms with Gasteiger partial charge in [0.25, 0.3) is 11.5 Å². The Morgan fingerprint density at radius 3 is 2.37 bits per heavy atom. The second kappa shape index (κ2) is 11.4. The van der Waals surface area contributed by atoms with Crippen LogP contribution >= 0.6 is 0 Å². The molecule has 0 atom stereocenters. The Bertz CT molecular complexity index is 1800. The number of nitrogens with zero attached hydrogens (tertiary/aromatic N) is 3. The first-order valence-electron chi connectivity index (χ1n) is 12.5. The second-order valence-corrected chi connectivity index (χ2v) is 9.04. The van der Waals surface area contributed by atoms with Crippen molar-refractivity contribution in [2.45, 2.75) is 13.5 Å². The summed E-state index contributed by atoms with van der Waals surface area (Å²) in [5.74, 6) is -1.47. The Morgan fingerprint density at radius 1 is 0.976 bits per heavy atom. The van der Waals surface area contributed by atoms with Crippen molar-refractivity contribution >= 4 is 28.5 Å². The Kier molecular flexibility index (Phi) is 7.59. The lowest BCUT2D eigenvalue weighted by atomic mass is 10.0. The van der Waals surface area contributed by atoms with Crippen LogP contribution in [0.15, 0.2) is 89.7 Å². The molecule has 0 saturated carbocycles. The third-order valence-corrected chi connectivity index (χ3v) is 6.46. The molecule has 0 fully saturated rings. The van der Waals surface area contributed by atoms with E-state index < -0.39 is 30.7 Å². The lowest BCUT2D eigenvalue weighted by Gasteiger charge is -2.11. The number of halogens is 2. The Labute approximate surface area is 232 Å². The summed E-state index contributed by atoms with van der Waals surface area (Å²) in [6, 6.07) is 23.2. The van der Waals surface area contributed by atoms with Crippen molar-refractivity contribution < 1.29 is 27.8 Å². The molecular weight excluding hydrogens is 534 g/mol. The lowest BCUT2D eigenvalue weighted by Crippen LogP contribution is -2.26. The first kappa shape index (κ1) is 27.3. The second-order valence-electron chi connectivity index (χ2n) is 9.04. The molecule has 5 rings (SSSR count). The number of hydrogen-bond donors (Lipinski definition) is 1. The fourth-order valence-electron chi connectivity index (χ4n) is 4.40. The van der Waals surface area contributed by atoms with Crippen molar-refractivity contribution in [2.24, 2.45) is 7.05 Å². The summed E-state index contributed by atoms with van der Waals surface area (Å²) in [4.78, 5) is 43.5. The molecule has 0 aliphatic heterocycles. The van der Waals surface area contributed by atoms with E-state index in [1.165, 1.54) is 22.9 Å². The minimum atomic E-state index is -2.95. The van der Waals surface area contributed by atoms with Crippen LogP contribution in [0.4, 0.5) is 14.5 Å². The van der Waals surface area contributed by atoms with Gasteiger partial charge in [-0.15, -0.1) is 0 Å². The topological polar surface area (TPSA) is 104 Å². The van der Waals surface area contributed by atoms with Gasteiger partial charge in [0.15, 0.2) is 6.61 Å². The van der Waals surface area contributed by atoms with Gasteiger partial charge in [-0.25, -0.2) is 14.5 Å². The van der Waals surface area contributed by atoms with Crippen molar-refractivity contribution in [1.82, 2.24) is 14.3 Å². The highest BCUT2D eigenvalue weighted by Crippen LogP contribution is 2.27. The van der Waals surface area contributed by atoms with Crippen molar-refractivity contribution in [3.8, 4) is 22.7 Å². The summed E-state index contributed by atoms with van der Waals surface area (Å²) in [6.07, 6.45) is 0. The molecule has 0 aliphatic rings. The predicted octanol–water partition coefficient (Wildman–Crippen LogP) is 5.10. The molecule has 0 spiro atoms. The van der Waals surface area contributed by atoms with Crippen LogP contribution in [0.25, 0.3) is 27.8 Å². The van der Waals surface area contributed by atoms with E-state index in [-0.39, 0.29) is 17.0 Å². The highest BCUT2D eigenvalue weighted by Gasteiger charge is 2.20. The first-order chi connectivity index (χ1) is 19.7. The number of fused-ring (bicyclic) bond motifs is 1. The quantitative estimate of drug-likeness (QED) is 0.266. The average Bonchev–Trinajstić information content (AvgIpc) is 3.18. The number of ether oxygens (including phenoxy) is 2. The molecule has 0 saturated heterocycles. The van der Waals surface area contributed by atoms with Gasteiger partial charge in [0, 0.05) is 18.0 Å². The highest BCUT2D eigenvalue weighted by molar-refractivity contribution is 6.05. The van der Waals surface area contributed by atoms with Gasteiger partial charge in [0.05, 0.1) is 28.2 Å². The number of hydrogen-bond acceptors (Lipinski definition) is 6. The van der Waals surface area contributed by atoms with E-state index in [1.807, 2.05) is 6.07 Å². The minimum Gasteiger partial charge on any atom is -0.452 e. The van der Waals surface area contributed by atoms with Gasteiger partial charge < -0.3 is 14.8 Å². The number of rotatable bonds is 8. The monoisotopic (exact) mass is 558 g/mol. The number of carbonyl (C=O) groups is 2. The molecule has 41 heavy (non-hydrogen) atoms. The zero-order chi connectivity index (χ0) is 29.1. The van der Waals surface area contributed by atoms with Gasteiger partial charge in [-0.3, -0.25) is 14.3 Å². The SMILES string of the molecule is Cc1c(NC(=O)COC(=O)c2cc(-c3ccc(OC(F)F)cc3)nc3ccccc23)c(=O)n(-c2ccccc2)n1C.